The lowest BCUT2D eigenvalue weighted by Gasteiger charge is -2.34. The maximum Gasteiger partial charge on any atom is 0.129 e. The molecule has 0 aliphatic carbocycles. The summed E-state index contributed by atoms with van der Waals surface area (Å²) in [7, 11) is 0. The van der Waals surface area contributed by atoms with Gasteiger partial charge in [0, 0.05) is 49.4 Å². The summed E-state index contributed by atoms with van der Waals surface area (Å²) in [5.74, 6) is -0.286. The molecule has 0 atom stereocenters. The van der Waals surface area contributed by atoms with E-state index in [4.69, 9.17) is 21.6 Å². The highest BCUT2D eigenvalue weighted by Gasteiger charge is 2.23. The van der Waals surface area contributed by atoms with Crippen molar-refractivity contribution >= 4 is 11.6 Å². The van der Waals surface area contributed by atoms with E-state index >= 15 is 0 Å². The summed E-state index contributed by atoms with van der Waals surface area (Å²) >= 11 is 6.09. The van der Waals surface area contributed by atoms with E-state index in [0.717, 1.165) is 26.1 Å². The average molecular weight is 297 g/mol. The minimum atomic E-state index is -0.286. The van der Waals surface area contributed by atoms with Crippen LogP contribution >= 0.6 is 11.6 Å². The number of ether oxygens (including phenoxy) is 1. The second-order valence-corrected chi connectivity index (χ2v) is 5.33. The highest BCUT2D eigenvalue weighted by molar-refractivity contribution is 6.31. The van der Waals surface area contributed by atoms with Gasteiger partial charge in [0.1, 0.15) is 5.82 Å². The molecule has 0 aromatic heterocycles. The number of hydrogen-bond acceptors (Lipinski definition) is 3. The Balaban J connectivity index is 2.12. The predicted molar refractivity (Wildman–Crippen MR) is 75.9 cm³/mol. The zero-order valence-corrected chi connectivity index (χ0v) is 12.1. The van der Waals surface area contributed by atoms with Crippen LogP contribution in [0.1, 0.15) is 24.8 Å². The molecule has 1 aromatic rings. The first-order valence-electron chi connectivity index (χ1n) is 6.84. The van der Waals surface area contributed by atoms with Crippen molar-refractivity contribution < 1.29 is 9.13 Å². The van der Waals surface area contributed by atoms with Gasteiger partial charge < -0.3 is 4.74 Å². The summed E-state index contributed by atoms with van der Waals surface area (Å²) in [6, 6.07) is 7.21. The quantitative estimate of drug-likeness (QED) is 0.836. The molecule has 0 N–H and O–H groups in total. The highest BCUT2D eigenvalue weighted by Crippen LogP contribution is 2.24. The van der Waals surface area contributed by atoms with Gasteiger partial charge >= 0.3 is 0 Å². The molecule has 5 heteroatoms. The fraction of sp³-hybridized carbons (Fsp3) is 0.533. The molecule has 0 spiro atoms. The molecule has 1 aromatic carbocycles. The second-order valence-electron chi connectivity index (χ2n) is 4.92. The van der Waals surface area contributed by atoms with Crippen LogP contribution in [0.15, 0.2) is 18.2 Å². The second kappa shape index (κ2) is 7.58. The first kappa shape index (κ1) is 15.2. The summed E-state index contributed by atoms with van der Waals surface area (Å²) in [5, 5.41) is 9.23. The first-order valence-corrected chi connectivity index (χ1v) is 7.22. The maximum atomic E-state index is 13.9. The summed E-state index contributed by atoms with van der Waals surface area (Å²) in [6.07, 6.45) is 2.26. The topological polar surface area (TPSA) is 36.3 Å². The average Bonchev–Trinajstić information content (AvgIpc) is 2.47. The van der Waals surface area contributed by atoms with Gasteiger partial charge in [-0.25, -0.2) is 4.39 Å². The van der Waals surface area contributed by atoms with E-state index in [9.17, 15) is 4.39 Å². The van der Waals surface area contributed by atoms with Gasteiger partial charge in [0.25, 0.3) is 0 Å². The third-order valence-corrected chi connectivity index (χ3v) is 4.00. The lowest BCUT2D eigenvalue weighted by molar-refractivity contribution is 0.0314. The molecule has 0 radical (unpaired) electrons. The SMILES string of the molecule is N#CCCN(Cc1c(F)cccc1Cl)C1CCOCC1. The van der Waals surface area contributed by atoms with Gasteiger partial charge in [-0.3, -0.25) is 4.90 Å². The van der Waals surface area contributed by atoms with Crippen molar-refractivity contribution in [2.24, 2.45) is 0 Å². The zero-order valence-electron chi connectivity index (χ0n) is 11.3. The number of rotatable bonds is 5. The van der Waals surface area contributed by atoms with Gasteiger partial charge in [-0.05, 0) is 25.0 Å². The van der Waals surface area contributed by atoms with Crippen LogP contribution in [0.25, 0.3) is 0 Å². The minimum absolute atomic E-state index is 0.286. The number of benzene rings is 1. The van der Waals surface area contributed by atoms with Crippen molar-refractivity contribution in [2.75, 3.05) is 19.8 Å². The van der Waals surface area contributed by atoms with Gasteiger partial charge in [-0.1, -0.05) is 17.7 Å². The normalized spacial score (nSPS) is 16.3. The van der Waals surface area contributed by atoms with Crippen molar-refractivity contribution in [3.05, 3.63) is 34.6 Å². The standard InChI is InChI=1S/C15H18ClFN2O/c16-14-3-1-4-15(17)13(14)11-19(8-2-7-18)12-5-9-20-10-6-12/h1,3-4,12H,2,5-6,8-11H2. The molecule has 0 bridgehead atoms. The molecule has 3 nitrogen and oxygen atoms in total. The van der Waals surface area contributed by atoms with E-state index in [2.05, 4.69) is 11.0 Å². The fourth-order valence-corrected chi connectivity index (χ4v) is 2.74. The third kappa shape index (κ3) is 3.92. The zero-order chi connectivity index (χ0) is 14.4. The Labute approximate surface area is 123 Å². The van der Waals surface area contributed by atoms with Gasteiger partial charge in [-0.2, -0.15) is 5.26 Å². The Hall–Kier alpha value is -1.15. The third-order valence-electron chi connectivity index (χ3n) is 3.64. The van der Waals surface area contributed by atoms with Crippen molar-refractivity contribution in [3.63, 3.8) is 0 Å². The summed E-state index contributed by atoms with van der Waals surface area (Å²) < 4.78 is 19.3. The van der Waals surface area contributed by atoms with Gasteiger partial charge in [0.2, 0.25) is 0 Å². The Morgan fingerprint density at radius 1 is 1.40 bits per heavy atom. The van der Waals surface area contributed by atoms with Gasteiger partial charge in [0.15, 0.2) is 0 Å². The maximum absolute atomic E-state index is 13.9. The van der Waals surface area contributed by atoms with Crippen LogP contribution in [0.2, 0.25) is 5.02 Å². The molecule has 2 rings (SSSR count). The van der Waals surface area contributed by atoms with Crippen molar-refractivity contribution in [2.45, 2.75) is 31.8 Å². The minimum Gasteiger partial charge on any atom is -0.381 e. The van der Waals surface area contributed by atoms with Crippen LogP contribution in [0, 0.1) is 17.1 Å². The molecule has 1 heterocycles. The molecule has 0 saturated carbocycles. The lowest BCUT2D eigenvalue weighted by Crippen LogP contribution is -2.39. The number of nitrogens with zero attached hydrogens (tertiary/aromatic N) is 2. The highest BCUT2D eigenvalue weighted by atomic mass is 35.5. The van der Waals surface area contributed by atoms with E-state index < -0.39 is 0 Å². The Morgan fingerprint density at radius 3 is 2.80 bits per heavy atom. The molecule has 0 amide bonds. The van der Waals surface area contributed by atoms with E-state index in [1.807, 2.05) is 0 Å². The van der Waals surface area contributed by atoms with Crippen LogP contribution in [0.4, 0.5) is 4.39 Å². The molecule has 1 aliphatic rings. The Bertz CT molecular complexity index is 463. The van der Waals surface area contributed by atoms with E-state index in [1.54, 1.807) is 12.1 Å². The monoisotopic (exact) mass is 296 g/mol. The molecule has 108 valence electrons. The van der Waals surface area contributed by atoms with Crippen molar-refractivity contribution in [1.82, 2.24) is 4.90 Å². The van der Waals surface area contributed by atoms with Crippen LogP contribution in [0.3, 0.4) is 0 Å². The molecule has 20 heavy (non-hydrogen) atoms. The molecular weight excluding hydrogens is 279 g/mol. The van der Waals surface area contributed by atoms with E-state index in [-0.39, 0.29) is 5.82 Å². The number of halogens is 2. The largest absolute Gasteiger partial charge is 0.381 e. The van der Waals surface area contributed by atoms with Crippen molar-refractivity contribution in [1.29, 1.82) is 5.26 Å². The summed E-state index contributed by atoms with van der Waals surface area (Å²) in [5.41, 5.74) is 0.513. The molecular formula is C15H18ClFN2O. The summed E-state index contributed by atoms with van der Waals surface area (Å²) in [6.45, 7) is 2.52. The molecule has 1 saturated heterocycles. The van der Waals surface area contributed by atoms with Crippen LogP contribution in [0.5, 0.6) is 0 Å². The Morgan fingerprint density at radius 2 is 2.15 bits per heavy atom. The Kier molecular flexibility index (Phi) is 5.78. The number of nitriles is 1. The van der Waals surface area contributed by atoms with Crippen molar-refractivity contribution in [3.8, 4) is 6.07 Å². The lowest BCUT2D eigenvalue weighted by atomic mass is 10.1. The van der Waals surface area contributed by atoms with Gasteiger partial charge in [0.05, 0.1) is 6.07 Å². The molecule has 1 fully saturated rings. The van der Waals surface area contributed by atoms with Crippen LogP contribution in [-0.4, -0.2) is 30.7 Å². The van der Waals surface area contributed by atoms with Crippen LogP contribution < -0.4 is 0 Å². The molecule has 1 aliphatic heterocycles. The first-order chi connectivity index (χ1) is 9.72. The predicted octanol–water partition coefficient (Wildman–Crippen LogP) is 3.37. The fourth-order valence-electron chi connectivity index (χ4n) is 2.52. The van der Waals surface area contributed by atoms with E-state index in [1.165, 1.54) is 6.07 Å². The summed E-state index contributed by atoms with van der Waals surface area (Å²) in [4.78, 5) is 2.15. The van der Waals surface area contributed by atoms with Gasteiger partial charge in [-0.15, -0.1) is 0 Å². The van der Waals surface area contributed by atoms with E-state index in [0.29, 0.717) is 36.1 Å². The molecule has 0 unspecified atom stereocenters. The van der Waals surface area contributed by atoms with Crippen LogP contribution in [-0.2, 0) is 11.3 Å². The smallest absolute Gasteiger partial charge is 0.129 e. The number of hydrogen-bond donors (Lipinski definition) is 0.